The highest BCUT2D eigenvalue weighted by Crippen LogP contribution is 2.37. The highest BCUT2D eigenvalue weighted by Gasteiger charge is 2.15. The maximum atomic E-state index is 12.6. The molecule has 0 radical (unpaired) electrons. The SMILES string of the molecule is CCOc1ccccc1NC(=O)/C(C#N)=C/c1cc(Br)c(OC)c(OCC)c1. The second kappa shape index (κ2) is 10.4. The summed E-state index contributed by atoms with van der Waals surface area (Å²) in [4.78, 5) is 12.6. The van der Waals surface area contributed by atoms with Crippen LogP contribution in [0.25, 0.3) is 6.08 Å². The van der Waals surface area contributed by atoms with Crippen molar-refractivity contribution in [2.45, 2.75) is 13.8 Å². The molecule has 6 nitrogen and oxygen atoms in total. The third kappa shape index (κ3) is 5.27. The Bertz CT molecular complexity index is 919. The van der Waals surface area contributed by atoms with Crippen LogP contribution in [0.15, 0.2) is 46.4 Å². The summed E-state index contributed by atoms with van der Waals surface area (Å²) in [7, 11) is 1.54. The number of methoxy groups -OCH3 is 1. The van der Waals surface area contributed by atoms with E-state index in [1.807, 2.05) is 26.0 Å². The highest BCUT2D eigenvalue weighted by molar-refractivity contribution is 9.10. The normalized spacial score (nSPS) is 10.8. The zero-order valence-corrected chi connectivity index (χ0v) is 17.5. The molecule has 2 aromatic rings. The maximum Gasteiger partial charge on any atom is 0.266 e. The molecule has 1 amide bonds. The van der Waals surface area contributed by atoms with E-state index >= 15 is 0 Å². The number of benzene rings is 2. The number of nitrogens with zero attached hydrogens (tertiary/aromatic N) is 1. The van der Waals surface area contributed by atoms with Crippen molar-refractivity contribution in [2.75, 3.05) is 25.6 Å². The number of ether oxygens (including phenoxy) is 3. The summed E-state index contributed by atoms with van der Waals surface area (Å²) < 4.78 is 17.1. The van der Waals surface area contributed by atoms with Gasteiger partial charge in [-0.05, 0) is 65.7 Å². The van der Waals surface area contributed by atoms with Crippen molar-refractivity contribution in [1.29, 1.82) is 5.26 Å². The van der Waals surface area contributed by atoms with Crippen molar-refractivity contribution >= 4 is 33.6 Å². The van der Waals surface area contributed by atoms with Gasteiger partial charge < -0.3 is 19.5 Å². The number of rotatable bonds is 8. The minimum atomic E-state index is -0.528. The number of nitriles is 1. The fourth-order valence-corrected chi connectivity index (χ4v) is 3.11. The molecule has 28 heavy (non-hydrogen) atoms. The molecule has 0 fully saturated rings. The third-order valence-electron chi connectivity index (χ3n) is 3.65. The van der Waals surface area contributed by atoms with Gasteiger partial charge in [0.2, 0.25) is 0 Å². The monoisotopic (exact) mass is 444 g/mol. The van der Waals surface area contributed by atoms with Crippen molar-refractivity contribution in [3.8, 4) is 23.3 Å². The van der Waals surface area contributed by atoms with Crippen LogP contribution >= 0.6 is 15.9 Å². The quantitative estimate of drug-likeness (QED) is 0.467. The second-order valence-electron chi connectivity index (χ2n) is 5.52. The van der Waals surface area contributed by atoms with Gasteiger partial charge in [-0.15, -0.1) is 0 Å². The van der Waals surface area contributed by atoms with Crippen molar-refractivity contribution in [1.82, 2.24) is 0 Å². The molecule has 1 N–H and O–H groups in total. The number of carbonyl (C=O) groups excluding carboxylic acids is 1. The molecule has 7 heteroatoms. The number of hydrogen-bond donors (Lipinski definition) is 1. The molecule has 2 rings (SSSR count). The predicted octanol–water partition coefficient (Wildman–Crippen LogP) is 4.80. The Morgan fingerprint density at radius 1 is 1.18 bits per heavy atom. The average Bonchev–Trinajstić information content (AvgIpc) is 2.68. The summed E-state index contributed by atoms with van der Waals surface area (Å²) in [6.45, 7) is 4.64. The fraction of sp³-hybridized carbons (Fsp3) is 0.238. The third-order valence-corrected chi connectivity index (χ3v) is 4.24. The molecule has 0 aromatic heterocycles. The lowest BCUT2D eigenvalue weighted by molar-refractivity contribution is -0.112. The van der Waals surface area contributed by atoms with Gasteiger partial charge in [0.05, 0.1) is 30.5 Å². The lowest BCUT2D eigenvalue weighted by atomic mass is 10.1. The minimum absolute atomic E-state index is 0.0502. The first-order valence-electron chi connectivity index (χ1n) is 8.69. The van der Waals surface area contributed by atoms with Crippen LogP contribution < -0.4 is 19.5 Å². The van der Waals surface area contributed by atoms with Gasteiger partial charge in [0.15, 0.2) is 11.5 Å². The van der Waals surface area contributed by atoms with Crippen LogP contribution in [-0.4, -0.2) is 26.2 Å². The van der Waals surface area contributed by atoms with Gasteiger partial charge in [-0.1, -0.05) is 12.1 Å². The van der Waals surface area contributed by atoms with E-state index in [1.54, 1.807) is 37.4 Å². The maximum absolute atomic E-state index is 12.6. The van der Waals surface area contributed by atoms with Gasteiger partial charge in [0.25, 0.3) is 5.91 Å². The molecule has 0 saturated carbocycles. The molecule has 2 aromatic carbocycles. The van der Waals surface area contributed by atoms with Gasteiger partial charge in [-0.25, -0.2) is 0 Å². The molecule has 0 atom stereocenters. The van der Waals surface area contributed by atoms with E-state index < -0.39 is 5.91 Å². The van der Waals surface area contributed by atoms with E-state index in [0.717, 1.165) is 0 Å². The zero-order valence-electron chi connectivity index (χ0n) is 15.9. The summed E-state index contributed by atoms with van der Waals surface area (Å²) in [5.41, 5.74) is 1.08. The van der Waals surface area contributed by atoms with E-state index in [9.17, 15) is 10.1 Å². The largest absolute Gasteiger partial charge is 0.492 e. The van der Waals surface area contributed by atoms with Crippen LogP contribution in [0.3, 0.4) is 0 Å². The lowest BCUT2D eigenvalue weighted by Gasteiger charge is -2.13. The molecule has 0 unspecified atom stereocenters. The minimum Gasteiger partial charge on any atom is -0.492 e. The number of nitrogens with one attached hydrogen (secondary N) is 1. The van der Waals surface area contributed by atoms with E-state index in [-0.39, 0.29) is 5.57 Å². The smallest absolute Gasteiger partial charge is 0.266 e. The number of anilines is 1. The van der Waals surface area contributed by atoms with E-state index in [1.165, 1.54) is 6.08 Å². The van der Waals surface area contributed by atoms with Crippen molar-refractivity contribution in [3.05, 3.63) is 52.0 Å². The molecular formula is C21H21BrN2O4. The number of carbonyl (C=O) groups is 1. The van der Waals surface area contributed by atoms with Crippen LogP contribution in [0.1, 0.15) is 19.4 Å². The van der Waals surface area contributed by atoms with Crippen LogP contribution in [0.2, 0.25) is 0 Å². The Hall–Kier alpha value is -2.98. The van der Waals surface area contributed by atoms with Gasteiger partial charge in [-0.3, -0.25) is 4.79 Å². The first-order chi connectivity index (χ1) is 13.5. The zero-order chi connectivity index (χ0) is 20.5. The standard InChI is InChI=1S/C21H21BrN2O4/c1-4-27-18-9-7-6-8-17(18)24-21(25)15(13-23)10-14-11-16(22)20(26-3)19(12-14)28-5-2/h6-12H,4-5H2,1-3H3,(H,24,25)/b15-10+. The molecule has 146 valence electrons. The first-order valence-corrected chi connectivity index (χ1v) is 9.48. The molecule has 0 bridgehead atoms. The fourth-order valence-electron chi connectivity index (χ4n) is 2.49. The summed E-state index contributed by atoms with van der Waals surface area (Å²) in [5, 5.41) is 12.2. The van der Waals surface area contributed by atoms with Crippen LogP contribution in [0.4, 0.5) is 5.69 Å². The number of amides is 1. The molecule has 0 aliphatic heterocycles. The Labute approximate surface area is 172 Å². The molecule has 0 heterocycles. The summed E-state index contributed by atoms with van der Waals surface area (Å²) in [6, 6.07) is 12.5. The first kappa shape index (κ1) is 21.3. The Morgan fingerprint density at radius 3 is 2.50 bits per heavy atom. The number of para-hydroxylation sites is 2. The molecule has 0 saturated heterocycles. The van der Waals surface area contributed by atoms with E-state index in [4.69, 9.17) is 14.2 Å². The number of halogens is 1. The van der Waals surface area contributed by atoms with Crippen LogP contribution in [0, 0.1) is 11.3 Å². The van der Waals surface area contributed by atoms with Crippen LogP contribution in [0.5, 0.6) is 17.2 Å². The molecular weight excluding hydrogens is 424 g/mol. The lowest BCUT2D eigenvalue weighted by Crippen LogP contribution is -2.14. The van der Waals surface area contributed by atoms with Gasteiger partial charge in [-0.2, -0.15) is 5.26 Å². The Balaban J connectivity index is 2.33. The topological polar surface area (TPSA) is 80.6 Å². The van der Waals surface area contributed by atoms with Crippen molar-refractivity contribution in [3.63, 3.8) is 0 Å². The Kier molecular flexibility index (Phi) is 7.90. The molecule has 0 aliphatic rings. The van der Waals surface area contributed by atoms with Gasteiger partial charge >= 0.3 is 0 Å². The summed E-state index contributed by atoms with van der Waals surface area (Å²) in [6.07, 6.45) is 1.49. The molecule has 0 spiro atoms. The second-order valence-corrected chi connectivity index (χ2v) is 6.37. The summed E-state index contributed by atoms with van der Waals surface area (Å²) >= 11 is 3.42. The predicted molar refractivity (Wildman–Crippen MR) is 112 cm³/mol. The van der Waals surface area contributed by atoms with Gasteiger partial charge in [0.1, 0.15) is 17.4 Å². The highest BCUT2D eigenvalue weighted by atomic mass is 79.9. The van der Waals surface area contributed by atoms with E-state index in [0.29, 0.717) is 46.2 Å². The van der Waals surface area contributed by atoms with Crippen molar-refractivity contribution < 1.29 is 19.0 Å². The van der Waals surface area contributed by atoms with Crippen LogP contribution in [-0.2, 0) is 4.79 Å². The number of hydrogen-bond acceptors (Lipinski definition) is 5. The van der Waals surface area contributed by atoms with Crippen molar-refractivity contribution in [2.24, 2.45) is 0 Å². The summed E-state index contributed by atoms with van der Waals surface area (Å²) in [5.74, 6) is 1.08. The molecule has 0 aliphatic carbocycles. The van der Waals surface area contributed by atoms with E-state index in [2.05, 4.69) is 21.2 Å². The van der Waals surface area contributed by atoms with Gasteiger partial charge in [0, 0.05) is 0 Å². The Morgan fingerprint density at radius 2 is 1.86 bits per heavy atom. The average molecular weight is 445 g/mol.